The molecule has 1 amide bonds. The van der Waals surface area contributed by atoms with Gasteiger partial charge in [0, 0.05) is 18.3 Å². The first-order chi connectivity index (χ1) is 9.51. The number of benzene rings is 1. The van der Waals surface area contributed by atoms with Crippen molar-refractivity contribution in [3.63, 3.8) is 0 Å². The van der Waals surface area contributed by atoms with E-state index in [2.05, 4.69) is 5.32 Å². The van der Waals surface area contributed by atoms with Gasteiger partial charge < -0.3 is 9.88 Å². The Morgan fingerprint density at radius 3 is 2.80 bits per heavy atom. The molecule has 1 N–H and O–H groups in total. The zero-order valence-corrected chi connectivity index (χ0v) is 12.0. The van der Waals surface area contributed by atoms with Gasteiger partial charge in [-0.15, -0.1) is 0 Å². The van der Waals surface area contributed by atoms with Crippen LogP contribution >= 0.6 is 11.6 Å². The van der Waals surface area contributed by atoms with Crippen molar-refractivity contribution >= 4 is 17.5 Å². The number of halogens is 1. The molecule has 5 heteroatoms. The van der Waals surface area contributed by atoms with Gasteiger partial charge >= 0.3 is 0 Å². The number of nitrogens with one attached hydrogen (secondary N) is 1. The van der Waals surface area contributed by atoms with E-state index in [0.29, 0.717) is 16.3 Å². The van der Waals surface area contributed by atoms with E-state index in [1.54, 1.807) is 29.9 Å². The van der Waals surface area contributed by atoms with E-state index < -0.39 is 0 Å². The number of hydrogen-bond acceptors (Lipinski definition) is 2. The number of nitriles is 1. The predicted molar refractivity (Wildman–Crippen MR) is 77.5 cm³/mol. The van der Waals surface area contributed by atoms with Crippen LogP contribution in [-0.4, -0.2) is 10.5 Å². The van der Waals surface area contributed by atoms with Gasteiger partial charge in [0.05, 0.1) is 11.6 Å². The van der Waals surface area contributed by atoms with E-state index in [1.807, 2.05) is 31.2 Å². The fourth-order valence-electron chi connectivity index (χ4n) is 1.98. The molecule has 102 valence electrons. The van der Waals surface area contributed by atoms with Crippen LogP contribution < -0.4 is 5.32 Å². The Bertz CT molecular complexity index is 685. The molecule has 20 heavy (non-hydrogen) atoms. The highest BCUT2D eigenvalue weighted by Crippen LogP contribution is 2.18. The second-order valence-corrected chi connectivity index (χ2v) is 5.02. The van der Waals surface area contributed by atoms with Crippen molar-refractivity contribution < 1.29 is 4.79 Å². The summed E-state index contributed by atoms with van der Waals surface area (Å²) in [6.45, 7) is 1.89. The van der Waals surface area contributed by atoms with Crippen molar-refractivity contribution in [3.8, 4) is 6.07 Å². The van der Waals surface area contributed by atoms with Gasteiger partial charge in [-0.25, -0.2) is 0 Å². The molecule has 0 radical (unpaired) electrons. The summed E-state index contributed by atoms with van der Waals surface area (Å²) in [6, 6.07) is 10.8. The lowest BCUT2D eigenvalue weighted by atomic mass is 10.1. The number of rotatable bonds is 3. The normalized spacial score (nSPS) is 11.7. The minimum absolute atomic E-state index is 0.165. The molecule has 0 saturated carbocycles. The van der Waals surface area contributed by atoms with Gasteiger partial charge in [-0.3, -0.25) is 4.79 Å². The van der Waals surface area contributed by atoms with Gasteiger partial charge in [-0.05, 0) is 30.7 Å². The van der Waals surface area contributed by atoms with Crippen molar-refractivity contribution in [2.24, 2.45) is 7.05 Å². The fourth-order valence-corrected chi connectivity index (χ4v) is 2.18. The lowest BCUT2D eigenvalue weighted by Gasteiger charge is -2.14. The minimum atomic E-state index is -0.221. The Labute approximate surface area is 122 Å². The van der Waals surface area contributed by atoms with E-state index >= 15 is 0 Å². The second kappa shape index (κ2) is 5.81. The molecule has 2 aromatic rings. The van der Waals surface area contributed by atoms with Crippen LogP contribution in [-0.2, 0) is 7.05 Å². The van der Waals surface area contributed by atoms with Gasteiger partial charge in [-0.1, -0.05) is 23.7 Å². The number of nitrogens with zero attached hydrogens (tertiary/aromatic N) is 2. The molecule has 1 atom stereocenters. The number of aromatic nitrogens is 1. The summed E-state index contributed by atoms with van der Waals surface area (Å²) in [5, 5.41) is 12.4. The number of hydrogen-bond donors (Lipinski definition) is 1. The molecule has 0 aliphatic heterocycles. The maximum atomic E-state index is 12.2. The van der Waals surface area contributed by atoms with Gasteiger partial charge in [0.25, 0.3) is 5.91 Å². The summed E-state index contributed by atoms with van der Waals surface area (Å²) in [6.07, 6.45) is 1.62. The summed E-state index contributed by atoms with van der Waals surface area (Å²) in [5.41, 5.74) is 1.85. The van der Waals surface area contributed by atoms with Gasteiger partial charge in [0.1, 0.15) is 11.8 Å². The van der Waals surface area contributed by atoms with Crippen LogP contribution in [0.4, 0.5) is 0 Å². The molecule has 0 aliphatic rings. The third-order valence-corrected chi connectivity index (χ3v) is 3.30. The fraction of sp³-hybridized carbons (Fsp3) is 0.200. The highest BCUT2D eigenvalue weighted by molar-refractivity contribution is 6.30. The Kier molecular flexibility index (Phi) is 4.11. The molecule has 0 fully saturated rings. The van der Waals surface area contributed by atoms with Crippen LogP contribution in [0.2, 0.25) is 5.02 Å². The van der Waals surface area contributed by atoms with E-state index in [9.17, 15) is 4.79 Å². The first kappa shape index (κ1) is 14.2. The largest absolute Gasteiger partial charge is 0.345 e. The van der Waals surface area contributed by atoms with Gasteiger partial charge in [0.2, 0.25) is 0 Å². The monoisotopic (exact) mass is 287 g/mol. The lowest BCUT2D eigenvalue weighted by molar-refractivity contribution is 0.0931. The Balaban J connectivity index is 2.15. The average Bonchev–Trinajstić information content (AvgIpc) is 2.80. The molecule has 2 rings (SSSR count). The number of carbonyl (C=O) groups is 1. The summed E-state index contributed by atoms with van der Waals surface area (Å²) in [4.78, 5) is 12.2. The first-order valence-electron chi connectivity index (χ1n) is 6.14. The molecule has 0 aliphatic carbocycles. The standard InChI is InChI=1S/C15H14ClN3O/c1-10(12-4-3-5-13(16)7-12)18-15(20)14-6-11(8-17)9-19(14)2/h3-7,9-10H,1-2H3,(H,18,20). The zero-order valence-electron chi connectivity index (χ0n) is 11.2. The summed E-state index contributed by atoms with van der Waals surface area (Å²) >= 11 is 5.94. The maximum Gasteiger partial charge on any atom is 0.268 e. The molecule has 0 bridgehead atoms. The predicted octanol–water partition coefficient (Wildman–Crippen LogP) is 3.04. The highest BCUT2D eigenvalue weighted by atomic mass is 35.5. The second-order valence-electron chi connectivity index (χ2n) is 4.59. The van der Waals surface area contributed by atoms with Gasteiger partial charge in [0.15, 0.2) is 0 Å². The van der Waals surface area contributed by atoms with Crippen LogP contribution in [0.15, 0.2) is 36.5 Å². The SMILES string of the molecule is CC(NC(=O)c1cc(C#N)cn1C)c1cccc(Cl)c1. The first-order valence-corrected chi connectivity index (χ1v) is 6.52. The highest BCUT2D eigenvalue weighted by Gasteiger charge is 2.15. The van der Waals surface area contributed by atoms with Crippen LogP contribution in [0, 0.1) is 11.3 Å². The molecule has 1 unspecified atom stereocenters. The summed E-state index contributed by atoms with van der Waals surface area (Å²) in [5.74, 6) is -0.221. The Morgan fingerprint density at radius 2 is 2.20 bits per heavy atom. The lowest BCUT2D eigenvalue weighted by Crippen LogP contribution is -2.28. The zero-order chi connectivity index (χ0) is 14.7. The third-order valence-electron chi connectivity index (χ3n) is 3.06. The number of amides is 1. The van der Waals surface area contributed by atoms with Crippen LogP contribution in [0.3, 0.4) is 0 Å². The average molecular weight is 288 g/mol. The Morgan fingerprint density at radius 1 is 1.45 bits per heavy atom. The van der Waals surface area contributed by atoms with Crippen molar-refractivity contribution in [1.82, 2.24) is 9.88 Å². The van der Waals surface area contributed by atoms with E-state index in [-0.39, 0.29) is 11.9 Å². The third kappa shape index (κ3) is 3.01. The summed E-state index contributed by atoms with van der Waals surface area (Å²) in [7, 11) is 1.74. The Hall–Kier alpha value is -2.25. The van der Waals surface area contributed by atoms with E-state index in [4.69, 9.17) is 16.9 Å². The maximum absolute atomic E-state index is 12.2. The van der Waals surface area contributed by atoms with Crippen LogP contribution in [0.1, 0.15) is 34.6 Å². The molecule has 1 heterocycles. The molecule has 0 spiro atoms. The number of carbonyl (C=O) groups excluding carboxylic acids is 1. The van der Waals surface area contributed by atoms with Crippen molar-refractivity contribution in [2.45, 2.75) is 13.0 Å². The topological polar surface area (TPSA) is 57.8 Å². The van der Waals surface area contributed by atoms with Crippen molar-refractivity contribution in [3.05, 3.63) is 58.4 Å². The van der Waals surface area contributed by atoms with E-state index in [1.165, 1.54) is 0 Å². The van der Waals surface area contributed by atoms with Gasteiger partial charge in [-0.2, -0.15) is 5.26 Å². The molecular formula is C15H14ClN3O. The molecule has 4 nitrogen and oxygen atoms in total. The van der Waals surface area contributed by atoms with Crippen LogP contribution in [0.5, 0.6) is 0 Å². The quantitative estimate of drug-likeness (QED) is 0.943. The number of aryl methyl sites for hydroxylation is 1. The molecular weight excluding hydrogens is 274 g/mol. The smallest absolute Gasteiger partial charge is 0.268 e. The van der Waals surface area contributed by atoms with Crippen LogP contribution in [0.25, 0.3) is 0 Å². The summed E-state index contributed by atoms with van der Waals surface area (Å²) < 4.78 is 1.64. The van der Waals surface area contributed by atoms with Crippen molar-refractivity contribution in [1.29, 1.82) is 5.26 Å². The molecule has 0 saturated heterocycles. The minimum Gasteiger partial charge on any atom is -0.345 e. The molecule has 1 aromatic carbocycles. The van der Waals surface area contributed by atoms with Crippen molar-refractivity contribution in [2.75, 3.05) is 0 Å². The van der Waals surface area contributed by atoms with E-state index in [0.717, 1.165) is 5.56 Å². The molecule has 1 aromatic heterocycles.